The first kappa shape index (κ1) is 10.2. The van der Waals surface area contributed by atoms with Gasteiger partial charge in [0, 0.05) is 23.6 Å². The van der Waals surface area contributed by atoms with Crippen LogP contribution in [0.5, 0.6) is 0 Å². The summed E-state index contributed by atoms with van der Waals surface area (Å²) in [6, 6.07) is 0.611. The maximum Gasteiger partial charge on any atom is 0.0294 e. The van der Waals surface area contributed by atoms with Crippen molar-refractivity contribution in [3.8, 4) is 0 Å². The van der Waals surface area contributed by atoms with Crippen molar-refractivity contribution < 1.29 is 0 Å². The highest BCUT2D eigenvalue weighted by molar-refractivity contribution is 9.11. The van der Waals surface area contributed by atoms with Gasteiger partial charge in [0.25, 0.3) is 0 Å². The van der Waals surface area contributed by atoms with Crippen LogP contribution in [0.4, 0.5) is 0 Å². The molecule has 0 aromatic heterocycles. The molecule has 1 rings (SSSR count). The molecular weight excluding hydrogens is 216 g/mol. The van der Waals surface area contributed by atoms with E-state index < -0.39 is 0 Å². The minimum atomic E-state index is 0.611. The fourth-order valence-corrected chi connectivity index (χ4v) is 1.94. The minimum absolute atomic E-state index is 0.611. The summed E-state index contributed by atoms with van der Waals surface area (Å²) < 4.78 is 1.08. The largest absolute Gasteiger partial charge is 0.313 e. The Hall–Kier alpha value is 0.140. The number of hydrogen-bond acceptors (Lipinski definition) is 2. The first-order valence-electron chi connectivity index (χ1n) is 4.47. The topological polar surface area (TPSA) is 15.3 Å². The lowest BCUT2D eigenvalue weighted by atomic mass is 10.3. The first-order chi connectivity index (χ1) is 5.68. The van der Waals surface area contributed by atoms with Crippen LogP contribution in [0.15, 0.2) is 11.1 Å². The van der Waals surface area contributed by atoms with Crippen LogP contribution >= 0.6 is 15.9 Å². The van der Waals surface area contributed by atoms with Crippen molar-refractivity contribution in [1.29, 1.82) is 0 Å². The molecule has 0 amide bonds. The molecule has 12 heavy (non-hydrogen) atoms. The van der Waals surface area contributed by atoms with Crippen molar-refractivity contribution in [3.05, 3.63) is 11.1 Å². The van der Waals surface area contributed by atoms with Gasteiger partial charge in [-0.1, -0.05) is 22.5 Å². The fourth-order valence-electron chi connectivity index (χ4n) is 1.58. The lowest BCUT2D eigenvalue weighted by Gasteiger charge is -2.21. The first-order valence-corrected chi connectivity index (χ1v) is 5.27. The molecule has 0 radical (unpaired) electrons. The molecule has 1 saturated heterocycles. The van der Waals surface area contributed by atoms with E-state index in [4.69, 9.17) is 0 Å². The summed E-state index contributed by atoms with van der Waals surface area (Å²) in [7, 11) is 0. The molecule has 70 valence electrons. The SMILES string of the molecule is C=C(Br)CN1CCCNC(C)C1. The zero-order chi connectivity index (χ0) is 8.97. The average molecular weight is 233 g/mol. The molecule has 3 heteroatoms. The quantitative estimate of drug-likeness (QED) is 0.779. The highest BCUT2D eigenvalue weighted by Crippen LogP contribution is 2.07. The predicted molar refractivity (Wildman–Crippen MR) is 56.6 cm³/mol. The van der Waals surface area contributed by atoms with E-state index in [1.807, 2.05) is 0 Å². The van der Waals surface area contributed by atoms with E-state index in [-0.39, 0.29) is 0 Å². The van der Waals surface area contributed by atoms with E-state index in [9.17, 15) is 0 Å². The Morgan fingerprint density at radius 1 is 1.75 bits per heavy atom. The molecule has 0 bridgehead atoms. The van der Waals surface area contributed by atoms with Crippen molar-refractivity contribution in [1.82, 2.24) is 10.2 Å². The molecule has 1 atom stereocenters. The van der Waals surface area contributed by atoms with Crippen LogP contribution in [0, 0.1) is 0 Å². The van der Waals surface area contributed by atoms with Crippen LogP contribution in [-0.4, -0.2) is 37.1 Å². The van der Waals surface area contributed by atoms with Gasteiger partial charge >= 0.3 is 0 Å². The molecule has 0 saturated carbocycles. The summed E-state index contributed by atoms with van der Waals surface area (Å²) in [6.45, 7) is 10.5. The maximum atomic E-state index is 3.86. The Morgan fingerprint density at radius 2 is 2.50 bits per heavy atom. The van der Waals surface area contributed by atoms with Gasteiger partial charge in [0.2, 0.25) is 0 Å². The molecule has 1 aliphatic rings. The second-order valence-corrected chi connectivity index (χ2v) is 4.58. The van der Waals surface area contributed by atoms with Crippen molar-refractivity contribution in [2.45, 2.75) is 19.4 Å². The van der Waals surface area contributed by atoms with E-state index in [2.05, 4.69) is 39.6 Å². The molecule has 2 nitrogen and oxygen atoms in total. The van der Waals surface area contributed by atoms with E-state index in [0.717, 1.165) is 24.1 Å². The second-order valence-electron chi connectivity index (χ2n) is 3.46. The Morgan fingerprint density at radius 3 is 3.17 bits per heavy atom. The number of nitrogens with one attached hydrogen (secondary N) is 1. The minimum Gasteiger partial charge on any atom is -0.313 e. The van der Waals surface area contributed by atoms with Gasteiger partial charge in [-0.25, -0.2) is 0 Å². The van der Waals surface area contributed by atoms with Crippen LogP contribution in [0.2, 0.25) is 0 Å². The van der Waals surface area contributed by atoms with Crippen LogP contribution in [0.3, 0.4) is 0 Å². The predicted octanol–water partition coefficient (Wildman–Crippen LogP) is 1.58. The van der Waals surface area contributed by atoms with Crippen molar-refractivity contribution in [2.75, 3.05) is 26.2 Å². The van der Waals surface area contributed by atoms with Crippen LogP contribution in [0.25, 0.3) is 0 Å². The third-order valence-electron chi connectivity index (χ3n) is 2.07. The lowest BCUT2D eigenvalue weighted by Crippen LogP contribution is -2.35. The van der Waals surface area contributed by atoms with E-state index >= 15 is 0 Å². The molecule has 1 fully saturated rings. The van der Waals surface area contributed by atoms with Gasteiger partial charge in [-0.2, -0.15) is 0 Å². The van der Waals surface area contributed by atoms with Gasteiger partial charge in [-0.05, 0) is 26.4 Å². The summed E-state index contributed by atoms with van der Waals surface area (Å²) >= 11 is 3.40. The van der Waals surface area contributed by atoms with Crippen LogP contribution in [-0.2, 0) is 0 Å². The molecular formula is C9H17BrN2. The molecule has 0 spiro atoms. The van der Waals surface area contributed by atoms with Gasteiger partial charge in [0.1, 0.15) is 0 Å². The van der Waals surface area contributed by atoms with Crippen molar-refractivity contribution >= 4 is 15.9 Å². The fraction of sp³-hybridized carbons (Fsp3) is 0.778. The zero-order valence-electron chi connectivity index (χ0n) is 7.65. The Bertz CT molecular complexity index is 159. The maximum absolute atomic E-state index is 3.86. The van der Waals surface area contributed by atoms with Gasteiger partial charge < -0.3 is 5.32 Å². The second kappa shape index (κ2) is 5.00. The number of rotatable bonds is 2. The van der Waals surface area contributed by atoms with Gasteiger partial charge in [0.05, 0.1) is 0 Å². The van der Waals surface area contributed by atoms with Gasteiger partial charge in [0.15, 0.2) is 0 Å². The van der Waals surface area contributed by atoms with Crippen LogP contribution in [0.1, 0.15) is 13.3 Å². The van der Waals surface area contributed by atoms with Crippen LogP contribution < -0.4 is 5.32 Å². The van der Waals surface area contributed by atoms with E-state index in [1.165, 1.54) is 13.0 Å². The molecule has 0 aliphatic carbocycles. The number of nitrogens with zero attached hydrogens (tertiary/aromatic N) is 1. The Labute approximate surface area is 83.1 Å². The van der Waals surface area contributed by atoms with Crippen molar-refractivity contribution in [3.63, 3.8) is 0 Å². The monoisotopic (exact) mass is 232 g/mol. The highest BCUT2D eigenvalue weighted by atomic mass is 79.9. The molecule has 1 aliphatic heterocycles. The van der Waals surface area contributed by atoms with Gasteiger partial charge in [-0.3, -0.25) is 4.90 Å². The molecule has 0 aromatic carbocycles. The van der Waals surface area contributed by atoms with Crippen molar-refractivity contribution in [2.24, 2.45) is 0 Å². The highest BCUT2D eigenvalue weighted by Gasteiger charge is 2.13. The lowest BCUT2D eigenvalue weighted by molar-refractivity contribution is 0.300. The van der Waals surface area contributed by atoms with Gasteiger partial charge in [-0.15, -0.1) is 0 Å². The third kappa shape index (κ3) is 3.70. The Kier molecular flexibility index (Phi) is 4.26. The molecule has 0 aromatic rings. The molecule has 1 heterocycles. The third-order valence-corrected chi connectivity index (χ3v) is 2.32. The summed E-state index contributed by atoms with van der Waals surface area (Å²) in [6.07, 6.45) is 1.24. The zero-order valence-corrected chi connectivity index (χ0v) is 9.23. The van der Waals surface area contributed by atoms with E-state index in [1.54, 1.807) is 0 Å². The molecule has 1 N–H and O–H groups in total. The number of halogens is 1. The summed E-state index contributed by atoms with van der Waals surface area (Å²) in [5, 5.41) is 3.46. The molecule has 1 unspecified atom stereocenters. The van der Waals surface area contributed by atoms with E-state index in [0.29, 0.717) is 6.04 Å². The standard InChI is InChI=1S/C9H17BrN2/c1-8(10)6-12-5-3-4-11-9(2)7-12/h9,11H,1,3-7H2,2H3. The summed E-state index contributed by atoms with van der Waals surface area (Å²) in [5.41, 5.74) is 0. The normalized spacial score (nSPS) is 26.7. The summed E-state index contributed by atoms with van der Waals surface area (Å²) in [4.78, 5) is 2.43. The Balaban J connectivity index is 2.35. The smallest absolute Gasteiger partial charge is 0.0294 e. The number of hydrogen-bond donors (Lipinski definition) is 1. The summed E-state index contributed by atoms with van der Waals surface area (Å²) in [5.74, 6) is 0. The average Bonchev–Trinajstić information content (AvgIpc) is 2.12.